The van der Waals surface area contributed by atoms with E-state index in [4.69, 9.17) is 5.11 Å². The Bertz CT molecular complexity index is 325. The zero-order valence-electron chi connectivity index (χ0n) is 7.60. The van der Waals surface area contributed by atoms with Gasteiger partial charge in [-0.2, -0.15) is 0 Å². The maximum absolute atomic E-state index is 10.3. The van der Waals surface area contributed by atoms with E-state index in [0.717, 1.165) is 0 Å². The van der Waals surface area contributed by atoms with Gasteiger partial charge in [0.05, 0.1) is 0 Å². The summed E-state index contributed by atoms with van der Waals surface area (Å²) in [5, 5.41) is 27.2. The molecule has 4 heteroatoms. The van der Waals surface area contributed by atoms with Crippen molar-refractivity contribution in [1.82, 2.24) is 0 Å². The first kappa shape index (κ1) is 10.5. The van der Waals surface area contributed by atoms with Crippen molar-refractivity contribution in [2.45, 2.75) is 18.9 Å². The second-order valence-electron chi connectivity index (χ2n) is 3.10. The van der Waals surface area contributed by atoms with Crippen LogP contribution in [0, 0.1) is 0 Å². The van der Waals surface area contributed by atoms with Crippen molar-refractivity contribution in [2.24, 2.45) is 0 Å². The first-order valence-electron chi connectivity index (χ1n) is 4.21. The van der Waals surface area contributed by atoms with Gasteiger partial charge in [0.25, 0.3) is 0 Å². The van der Waals surface area contributed by atoms with Crippen molar-refractivity contribution in [3.63, 3.8) is 0 Å². The molecule has 0 saturated carbocycles. The zero-order valence-corrected chi connectivity index (χ0v) is 7.60. The van der Waals surface area contributed by atoms with Crippen LogP contribution in [-0.4, -0.2) is 27.4 Å². The highest BCUT2D eigenvalue weighted by molar-refractivity contribution is 5.67. The van der Waals surface area contributed by atoms with Gasteiger partial charge in [0, 0.05) is 12.0 Å². The maximum Gasteiger partial charge on any atom is 0.303 e. The summed E-state index contributed by atoms with van der Waals surface area (Å²) in [5.41, 5.74) is 0.718. The molecule has 0 aromatic carbocycles. The largest absolute Gasteiger partial charge is 0.507 e. The van der Waals surface area contributed by atoms with Crippen LogP contribution in [0.25, 0.3) is 0 Å². The van der Waals surface area contributed by atoms with Crippen LogP contribution in [0.5, 0.6) is 0 Å². The second-order valence-corrected chi connectivity index (χ2v) is 3.10. The molecule has 0 aliphatic heterocycles. The average Bonchev–Trinajstić information content (AvgIpc) is 2.13. The number of hydrogen-bond donors (Lipinski definition) is 3. The molecule has 0 bridgehead atoms. The van der Waals surface area contributed by atoms with Gasteiger partial charge in [-0.3, -0.25) is 4.79 Å². The van der Waals surface area contributed by atoms with E-state index in [1.54, 1.807) is 0 Å². The highest BCUT2D eigenvalue weighted by Crippen LogP contribution is 2.24. The van der Waals surface area contributed by atoms with Crippen molar-refractivity contribution < 1.29 is 20.1 Å². The number of carboxylic acids is 1. The van der Waals surface area contributed by atoms with Crippen molar-refractivity contribution in [1.29, 1.82) is 0 Å². The van der Waals surface area contributed by atoms with E-state index in [1.807, 2.05) is 0 Å². The Balaban J connectivity index is 2.74. The number of hydrogen-bond acceptors (Lipinski definition) is 3. The van der Waals surface area contributed by atoms with E-state index < -0.39 is 12.1 Å². The predicted octanol–water partition coefficient (Wildman–Crippen LogP) is 1.15. The lowest BCUT2D eigenvalue weighted by Crippen LogP contribution is -2.13. The van der Waals surface area contributed by atoms with Gasteiger partial charge in [0.2, 0.25) is 0 Å². The molecule has 0 spiro atoms. The Morgan fingerprint density at radius 2 is 2.21 bits per heavy atom. The Hall–Kier alpha value is -1.55. The summed E-state index contributed by atoms with van der Waals surface area (Å²) in [6.45, 7) is 3.50. The number of carbonyl (C=O) groups is 1. The molecule has 1 atom stereocenters. The lowest BCUT2D eigenvalue weighted by atomic mass is 9.96. The van der Waals surface area contributed by atoms with Crippen LogP contribution < -0.4 is 0 Å². The molecule has 3 N–H and O–H groups in total. The summed E-state index contributed by atoms with van der Waals surface area (Å²) in [6, 6.07) is 0. The Morgan fingerprint density at radius 3 is 2.79 bits per heavy atom. The molecule has 0 aromatic heterocycles. The maximum atomic E-state index is 10.3. The molecule has 0 amide bonds. The number of rotatable bonds is 3. The van der Waals surface area contributed by atoms with E-state index in [2.05, 4.69) is 6.58 Å². The fraction of sp³-hybridized carbons (Fsp3) is 0.300. The van der Waals surface area contributed by atoms with E-state index in [1.165, 1.54) is 12.2 Å². The third kappa shape index (κ3) is 2.23. The Kier molecular flexibility index (Phi) is 3.09. The summed E-state index contributed by atoms with van der Waals surface area (Å²) < 4.78 is 0. The average molecular weight is 196 g/mol. The van der Waals surface area contributed by atoms with Gasteiger partial charge in [-0.05, 0) is 12.0 Å². The summed E-state index contributed by atoms with van der Waals surface area (Å²) in [5.74, 6) is -1.02. The van der Waals surface area contributed by atoms with Crippen molar-refractivity contribution in [2.75, 3.05) is 0 Å². The Labute approximate surface area is 81.5 Å². The quantitative estimate of drug-likeness (QED) is 0.632. The minimum Gasteiger partial charge on any atom is -0.507 e. The van der Waals surface area contributed by atoms with Gasteiger partial charge >= 0.3 is 5.97 Å². The summed E-state index contributed by atoms with van der Waals surface area (Å²) in [6.07, 6.45) is 2.32. The molecule has 1 unspecified atom stereocenters. The molecule has 1 aliphatic rings. The van der Waals surface area contributed by atoms with E-state index in [9.17, 15) is 15.0 Å². The second kappa shape index (κ2) is 4.11. The van der Waals surface area contributed by atoms with Gasteiger partial charge in [0.1, 0.15) is 11.9 Å². The number of aliphatic carboxylic acids is 1. The van der Waals surface area contributed by atoms with Crippen LogP contribution in [0.2, 0.25) is 0 Å². The van der Waals surface area contributed by atoms with Crippen LogP contribution in [0.4, 0.5) is 0 Å². The smallest absolute Gasteiger partial charge is 0.303 e. The number of aliphatic hydroxyl groups is 2. The first-order chi connectivity index (χ1) is 6.52. The zero-order chi connectivity index (χ0) is 10.7. The highest BCUT2D eigenvalue weighted by atomic mass is 16.4. The molecule has 4 nitrogen and oxygen atoms in total. The number of aliphatic hydroxyl groups excluding tert-OH is 2. The van der Waals surface area contributed by atoms with E-state index in [-0.39, 0.29) is 24.2 Å². The fourth-order valence-electron chi connectivity index (χ4n) is 1.19. The standard InChI is InChI=1S/C10H12O4/c1-6-8(11)4-2-7(10(6)14)3-5-9(12)13/h2,4,8,11,14H,1,3,5H2,(H,12,13). The molecule has 0 heterocycles. The SMILES string of the molecule is C=C1C(O)=C(CCC(=O)O)C=CC1O. The van der Waals surface area contributed by atoms with Crippen molar-refractivity contribution in [3.8, 4) is 0 Å². The molecule has 0 aromatic rings. The molecule has 76 valence electrons. The van der Waals surface area contributed by atoms with Crippen LogP contribution in [-0.2, 0) is 4.79 Å². The molecule has 1 rings (SSSR count). The third-order valence-electron chi connectivity index (χ3n) is 2.05. The summed E-state index contributed by atoms with van der Waals surface area (Å²) in [4.78, 5) is 10.3. The van der Waals surface area contributed by atoms with Crippen LogP contribution in [0.1, 0.15) is 12.8 Å². The molecule has 0 radical (unpaired) electrons. The van der Waals surface area contributed by atoms with E-state index in [0.29, 0.717) is 5.57 Å². The lowest BCUT2D eigenvalue weighted by molar-refractivity contribution is -0.136. The van der Waals surface area contributed by atoms with Gasteiger partial charge in [-0.1, -0.05) is 18.7 Å². The number of allylic oxidation sites excluding steroid dienone is 2. The normalized spacial score (nSPS) is 21.5. The molecular weight excluding hydrogens is 184 g/mol. The highest BCUT2D eigenvalue weighted by Gasteiger charge is 2.18. The molecule has 1 aliphatic carbocycles. The minimum absolute atomic E-state index is 0.0485. The molecular formula is C10H12O4. The topological polar surface area (TPSA) is 77.8 Å². The van der Waals surface area contributed by atoms with Crippen LogP contribution >= 0.6 is 0 Å². The number of carboxylic acid groups (broad SMARTS) is 1. The lowest BCUT2D eigenvalue weighted by Gasteiger charge is -2.17. The van der Waals surface area contributed by atoms with Gasteiger partial charge in [-0.25, -0.2) is 0 Å². The van der Waals surface area contributed by atoms with Crippen LogP contribution in [0.15, 0.2) is 35.6 Å². The molecule has 0 fully saturated rings. The summed E-state index contributed by atoms with van der Waals surface area (Å²) in [7, 11) is 0. The monoisotopic (exact) mass is 196 g/mol. The summed E-state index contributed by atoms with van der Waals surface area (Å²) >= 11 is 0. The van der Waals surface area contributed by atoms with Gasteiger partial charge in [0.15, 0.2) is 0 Å². The van der Waals surface area contributed by atoms with Crippen LogP contribution in [0.3, 0.4) is 0 Å². The molecule has 14 heavy (non-hydrogen) atoms. The third-order valence-corrected chi connectivity index (χ3v) is 2.05. The van der Waals surface area contributed by atoms with Crippen molar-refractivity contribution in [3.05, 3.63) is 35.6 Å². The first-order valence-corrected chi connectivity index (χ1v) is 4.21. The van der Waals surface area contributed by atoms with Crippen molar-refractivity contribution >= 4 is 5.97 Å². The van der Waals surface area contributed by atoms with Gasteiger partial charge < -0.3 is 15.3 Å². The molecule has 0 saturated heterocycles. The fourth-order valence-corrected chi connectivity index (χ4v) is 1.19. The van der Waals surface area contributed by atoms with E-state index >= 15 is 0 Å². The minimum atomic E-state index is -0.921. The Morgan fingerprint density at radius 1 is 1.57 bits per heavy atom. The predicted molar refractivity (Wildman–Crippen MR) is 50.8 cm³/mol. The van der Waals surface area contributed by atoms with Gasteiger partial charge in [-0.15, -0.1) is 0 Å².